The predicted molar refractivity (Wildman–Crippen MR) is 111 cm³/mol. The highest BCUT2D eigenvalue weighted by atomic mass is 16.4. The SMILES string of the molecule is O=c1oc2ccccc2n1CCN1CCN([C@H]2CCc3ccccc3C2)CC1. The van der Waals surface area contributed by atoms with Gasteiger partial charge in [-0.3, -0.25) is 14.4 Å². The monoisotopic (exact) mass is 377 g/mol. The third-order valence-electron chi connectivity index (χ3n) is 6.46. The van der Waals surface area contributed by atoms with Crippen LogP contribution in [0.5, 0.6) is 0 Å². The van der Waals surface area contributed by atoms with Gasteiger partial charge in [-0.1, -0.05) is 36.4 Å². The van der Waals surface area contributed by atoms with Crippen molar-refractivity contribution < 1.29 is 4.42 Å². The number of rotatable bonds is 4. The van der Waals surface area contributed by atoms with E-state index in [1.165, 1.54) is 30.4 Å². The second kappa shape index (κ2) is 7.57. The summed E-state index contributed by atoms with van der Waals surface area (Å²) in [6, 6.07) is 17.3. The Kier molecular flexibility index (Phi) is 4.79. The van der Waals surface area contributed by atoms with Crippen molar-refractivity contribution in [2.45, 2.75) is 31.8 Å². The molecular weight excluding hydrogens is 350 g/mol. The van der Waals surface area contributed by atoms with Gasteiger partial charge >= 0.3 is 5.76 Å². The van der Waals surface area contributed by atoms with Crippen molar-refractivity contribution >= 4 is 11.1 Å². The van der Waals surface area contributed by atoms with Crippen molar-refractivity contribution in [1.82, 2.24) is 14.4 Å². The molecule has 5 heteroatoms. The van der Waals surface area contributed by atoms with Gasteiger partial charge in [0.05, 0.1) is 5.52 Å². The van der Waals surface area contributed by atoms with Crippen LogP contribution in [0.15, 0.2) is 57.7 Å². The van der Waals surface area contributed by atoms with Crippen molar-refractivity contribution in [3.8, 4) is 0 Å². The average molecular weight is 377 g/mol. The molecule has 0 amide bonds. The van der Waals surface area contributed by atoms with Crippen LogP contribution in [0.3, 0.4) is 0 Å². The largest absolute Gasteiger partial charge is 0.419 e. The summed E-state index contributed by atoms with van der Waals surface area (Å²) in [5, 5.41) is 0. The molecule has 0 bridgehead atoms. The number of fused-ring (bicyclic) bond motifs is 2. The molecule has 2 aromatic carbocycles. The Labute approximate surface area is 165 Å². The normalized spacial score (nSPS) is 21.1. The molecular formula is C23H27N3O2. The first-order valence-corrected chi connectivity index (χ1v) is 10.4. The second-order valence-corrected chi connectivity index (χ2v) is 8.03. The molecule has 1 aromatic heterocycles. The van der Waals surface area contributed by atoms with Crippen LogP contribution in [-0.4, -0.2) is 53.1 Å². The van der Waals surface area contributed by atoms with Crippen LogP contribution < -0.4 is 5.76 Å². The van der Waals surface area contributed by atoms with Gasteiger partial charge in [0.25, 0.3) is 0 Å². The highest BCUT2D eigenvalue weighted by molar-refractivity contribution is 5.72. The molecule has 1 aliphatic carbocycles. The molecule has 0 unspecified atom stereocenters. The van der Waals surface area contributed by atoms with Crippen LogP contribution in [0.4, 0.5) is 0 Å². The van der Waals surface area contributed by atoms with Crippen molar-refractivity contribution in [3.63, 3.8) is 0 Å². The summed E-state index contributed by atoms with van der Waals surface area (Å²) in [4.78, 5) is 17.3. The lowest BCUT2D eigenvalue weighted by Crippen LogP contribution is -2.52. The van der Waals surface area contributed by atoms with Gasteiger partial charge in [-0.05, 0) is 42.5 Å². The van der Waals surface area contributed by atoms with E-state index in [1.807, 2.05) is 24.3 Å². The standard InChI is InChI=1S/C23H27N3O2/c27-23-26(21-7-3-4-8-22(21)28-23)16-13-24-11-14-25(15-12-24)20-10-9-18-5-1-2-6-19(18)17-20/h1-8,20H,9-17H2/t20-/m0/s1. The quantitative estimate of drug-likeness (QED) is 0.701. The minimum atomic E-state index is -0.249. The summed E-state index contributed by atoms with van der Waals surface area (Å²) >= 11 is 0. The lowest BCUT2D eigenvalue weighted by atomic mass is 9.87. The van der Waals surface area contributed by atoms with E-state index < -0.39 is 0 Å². The number of aromatic nitrogens is 1. The van der Waals surface area contributed by atoms with Gasteiger partial charge in [0.1, 0.15) is 0 Å². The van der Waals surface area contributed by atoms with Crippen LogP contribution >= 0.6 is 0 Å². The molecule has 1 fully saturated rings. The summed E-state index contributed by atoms with van der Waals surface area (Å²) in [6.45, 7) is 5.96. The minimum absolute atomic E-state index is 0.249. The number of aryl methyl sites for hydroxylation is 1. The van der Waals surface area contributed by atoms with Crippen LogP contribution in [0.25, 0.3) is 11.1 Å². The summed E-state index contributed by atoms with van der Waals surface area (Å²) in [5.41, 5.74) is 4.64. The summed E-state index contributed by atoms with van der Waals surface area (Å²) in [7, 11) is 0. The zero-order valence-corrected chi connectivity index (χ0v) is 16.2. The third kappa shape index (κ3) is 3.40. The van der Waals surface area contributed by atoms with E-state index in [9.17, 15) is 4.79 Å². The predicted octanol–water partition coefficient (Wildman–Crippen LogP) is 2.77. The molecule has 5 nitrogen and oxygen atoms in total. The Morgan fingerprint density at radius 3 is 2.50 bits per heavy atom. The van der Waals surface area contributed by atoms with Crippen LogP contribution in [0.2, 0.25) is 0 Å². The van der Waals surface area contributed by atoms with Crippen molar-refractivity contribution in [2.75, 3.05) is 32.7 Å². The fourth-order valence-corrected chi connectivity index (χ4v) is 4.81. The molecule has 1 saturated heterocycles. The molecule has 1 atom stereocenters. The van der Waals surface area contributed by atoms with Gasteiger partial charge < -0.3 is 4.42 Å². The number of hydrogen-bond acceptors (Lipinski definition) is 4. The maximum atomic E-state index is 12.1. The number of nitrogens with zero attached hydrogens (tertiary/aromatic N) is 3. The average Bonchev–Trinajstić information content (AvgIpc) is 3.07. The van der Waals surface area contributed by atoms with Crippen LogP contribution in [0, 0.1) is 0 Å². The second-order valence-electron chi connectivity index (χ2n) is 8.03. The number of para-hydroxylation sites is 2. The Balaban J connectivity index is 1.17. The Hall–Kier alpha value is -2.37. The zero-order chi connectivity index (χ0) is 18.9. The summed E-state index contributed by atoms with van der Waals surface area (Å²) in [6.07, 6.45) is 3.66. The van der Waals surface area contributed by atoms with Crippen molar-refractivity contribution in [1.29, 1.82) is 0 Å². The first-order valence-electron chi connectivity index (χ1n) is 10.4. The Morgan fingerprint density at radius 2 is 1.64 bits per heavy atom. The van der Waals surface area contributed by atoms with Crippen molar-refractivity contribution in [3.05, 3.63) is 70.2 Å². The topological polar surface area (TPSA) is 41.6 Å². The molecule has 1 aliphatic heterocycles. The van der Waals surface area contributed by atoms with E-state index in [-0.39, 0.29) is 5.76 Å². The Morgan fingerprint density at radius 1 is 0.893 bits per heavy atom. The molecule has 2 heterocycles. The van der Waals surface area contributed by atoms with E-state index >= 15 is 0 Å². The number of hydrogen-bond donors (Lipinski definition) is 0. The molecule has 0 saturated carbocycles. The van der Waals surface area contributed by atoms with Gasteiger partial charge in [0.15, 0.2) is 5.58 Å². The Bertz CT molecular complexity index is 1010. The van der Waals surface area contributed by atoms with Crippen LogP contribution in [0.1, 0.15) is 17.5 Å². The smallest absolute Gasteiger partial charge is 0.408 e. The summed E-state index contributed by atoms with van der Waals surface area (Å²) < 4.78 is 7.11. The first kappa shape index (κ1) is 17.7. The maximum Gasteiger partial charge on any atom is 0.419 e. The molecule has 146 valence electrons. The van der Waals surface area contributed by atoms with E-state index in [0.29, 0.717) is 18.2 Å². The lowest BCUT2D eigenvalue weighted by Gasteiger charge is -2.41. The molecule has 3 aromatic rings. The fraction of sp³-hybridized carbons (Fsp3) is 0.435. The fourth-order valence-electron chi connectivity index (χ4n) is 4.81. The van der Waals surface area contributed by atoms with E-state index in [1.54, 1.807) is 4.57 Å². The molecule has 0 N–H and O–H groups in total. The first-order chi connectivity index (χ1) is 13.8. The zero-order valence-electron chi connectivity index (χ0n) is 16.2. The van der Waals surface area contributed by atoms with Crippen molar-refractivity contribution in [2.24, 2.45) is 0 Å². The summed E-state index contributed by atoms with van der Waals surface area (Å²) in [5.74, 6) is -0.249. The van der Waals surface area contributed by atoms with Gasteiger partial charge in [0.2, 0.25) is 0 Å². The lowest BCUT2D eigenvalue weighted by molar-refractivity contribution is 0.0874. The van der Waals surface area contributed by atoms with Gasteiger partial charge in [0, 0.05) is 45.3 Å². The highest BCUT2D eigenvalue weighted by Crippen LogP contribution is 2.25. The molecule has 0 radical (unpaired) electrons. The maximum absolute atomic E-state index is 12.1. The van der Waals surface area contributed by atoms with Gasteiger partial charge in [-0.2, -0.15) is 0 Å². The van der Waals surface area contributed by atoms with Gasteiger partial charge in [-0.15, -0.1) is 0 Å². The van der Waals surface area contributed by atoms with E-state index in [0.717, 1.165) is 38.2 Å². The van der Waals surface area contributed by atoms with Crippen LogP contribution in [-0.2, 0) is 19.4 Å². The number of oxazole rings is 1. The molecule has 28 heavy (non-hydrogen) atoms. The van der Waals surface area contributed by atoms with Gasteiger partial charge in [-0.25, -0.2) is 4.79 Å². The number of piperazine rings is 1. The molecule has 5 rings (SSSR count). The van der Waals surface area contributed by atoms with E-state index in [4.69, 9.17) is 4.42 Å². The molecule has 2 aliphatic rings. The minimum Gasteiger partial charge on any atom is -0.408 e. The third-order valence-corrected chi connectivity index (χ3v) is 6.46. The highest BCUT2D eigenvalue weighted by Gasteiger charge is 2.27. The number of benzene rings is 2. The molecule has 0 spiro atoms. The van der Waals surface area contributed by atoms with E-state index in [2.05, 4.69) is 34.1 Å².